The van der Waals surface area contributed by atoms with E-state index in [1.165, 1.54) is 0 Å². The molecule has 1 atom stereocenters. The van der Waals surface area contributed by atoms with Gasteiger partial charge in [0.1, 0.15) is 6.10 Å². The van der Waals surface area contributed by atoms with Gasteiger partial charge in [-0.3, -0.25) is 0 Å². The lowest BCUT2D eigenvalue weighted by atomic mass is 10.2. The molecule has 1 rings (SSSR count). The van der Waals surface area contributed by atoms with Gasteiger partial charge in [-0.15, -0.1) is 0 Å². The number of esters is 1. The molecule has 3 nitrogen and oxygen atoms in total. The molecule has 0 N–H and O–H groups in total. The van der Waals surface area contributed by atoms with Crippen molar-refractivity contribution in [1.82, 2.24) is 4.90 Å². The van der Waals surface area contributed by atoms with Crippen molar-refractivity contribution in [2.75, 3.05) is 14.1 Å². The van der Waals surface area contributed by atoms with Gasteiger partial charge in [-0.25, -0.2) is 4.79 Å². The van der Waals surface area contributed by atoms with Gasteiger partial charge < -0.3 is 9.64 Å². The van der Waals surface area contributed by atoms with Gasteiger partial charge in [0.15, 0.2) is 0 Å². The predicted octanol–water partition coefficient (Wildman–Crippen LogP) is 0.767. The Labute approximate surface area is 66.6 Å². The number of ether oxygens (including phenoxy) is 1. The van der Waals surface area contributed by atoms with Crippen LogP contribution in [0.5, 0.6) is 0 Å². The van der Waals surface area contributed by atoms with Crippen molar-refractivity contribution in [3.8, 4) is 0 Å². The summed E-state index contributed by atoms with van der Waals surface area (Å²) in [6.45, 7) is 1.90. The summed E-state index contributed by atoms with van der Waals surface area (Å²) >= 11 is 0. The van der Waals surface area contributed by atoms with Gasteiger partial charge in [-0.2, -0.15) is 0 Å². The van der Waals surface area contributed by atoms with E-state index in [1.807, 2.05) is 32.1 Å². The van der Waals surface area contributed by atoms with E-state index in [-0.39, 0.29) is 12.1 Å². The summed E-state index contributed by atoms with van der Waals surface area (Å²) in [5.41, 5.74) is 0.766. The molecule has 1 fully saturated rings. The molecule has 1 aliphatic rings. The SMILES string of the molecule is CC1CC(=CN(C)C)C(=O)O1. The first-order valence-corrected chi connectivity index (χ1v) is 3.67. The van der Waals surface area contributed by atoms with Gasteiger partial charge in [0.2, 0.25) is 0 Å². The molecule has 62 valence electrons. The van der Waals surface area contributed by atoms with Crippen molar-refractivity contribution in [3.63, 3.8) is 0 Å². The Morgan fingerprint density at radius 2 is 2.27 bits per heavy atom. The van der Waals surface area contributed by atoms with Crippen LogP contribution in [0.2, 0.25) is 0 Å². The van der Waals surface area contributed by atoms with Crippen LogP contribution in [0.3, 0.4) is 0 Å². The van der Waals surface area contributed by atoms with Gasteiger partial charge in [0.05, 0.1) is 5.57 Å². The van der Waals surface area contributed by atoms with Gasteiger partial charge in [-0.05, 0) is 6.92 Å². The van der Waals surface area contributed by atoms with Crippen LogP contribution in [0.1, 0.15) is 13.3 Å². The van der Waals surface area contributed by atoms with Crippen LogP contribution in [-0.2, 0) is 9.53 Å². The molecule has 0 aromatic heterocycles. The lowest BCUT2D eigenvalue weighted by Gasteiger charge is -2.03. The summed E-state index contributed by atoms with van der Waals surface area (Å²) in [5.74, 6) is -0.175. The molecule has 1 saturated heterocycles. The quantitative estimate of drug-likeness (QED) is 0.413. The normalized spacial score (nSPS) is 27.4. The fourth-order valence-electron chi connectivity index (χ4n) is 1.11. The lowest BCUT2D eigenvalue weighted by molar-refractivity contribution is -0.138. The highest BCUT2D eigenvalue weighted by Crippen LogP contribution is 2.19. The molecule has 0 aromatic rings. The van der Waals surface area contributed by atoms with E-state index >= 15 is 0 Å². The molecule has 11 heavy (non-hydrogen) atoms. The van der Waals surface area contributed by atoms with Crippen LogP contribution in [0, 0.1) is 0 Å². The number of hydrogen-bond donors (Lipinski definition) is 0. The summed E-state index contributed by atoms with van der Waals surface area (Å²) in [6, 6.07) is 0. The zero-order valence-electron chi connectivity index (χ0n) is 7.13. The molecule has 0 aliphatic carbocycles. The lowest BCUT2D eigenvalue weighted by Crippen LogP contribution is -2.05. The monoisotopic (exact) mass is 155 g/mol. The molecule has 1 unspecified atom stereocenters. The molecule has 0 radical (unpaired) electrons. The highest BCUT2D eigenvalue weighted by molar-refractivity contribution is 5.90. The van der Waals surface area contributed by atoms with Crippen LogP contribution in [-0.4, -0.2) is 31.1 Å². The molecule has 0 aromatic carbocycles. The first kappa shape index (κ1) is 8.11. The number of carbonyl (C=O) groups is 1. The Morgan fingerprint density at radius 3 is 2.64 bits per heavy atom. The van der Waals surface area contributed by atoms with Crippen molar-refractivity contribution in [2.24, 2.45) is 0 Å². The number of rotatable bonds is 1. The molecular formula is C8H13NO2. The Hall–Kier alpha value is -0.990. The second-order valence-electron chi connectivity index (χ2n) is 3.04. The third-order valence-corrected chi connectivity index (χ3v) is 1.49. The number of cyclic esters (lactones) is 1. The minimum absolute atomic E-state index is 0.0497. The minimum atomic E-state index is -0.175. The van der Waals surface area contributed by atoms with Crippen LogP contribution in [0.15, 0.2) is 11.8 Å². The summed E-state index contributed by atoms with van der Waals surface area (Å²) in [6.07, 6.45) is 2.59. The molecule has 1 aliphatic heterocycles. The first-order chi connectivity index (χ1) is 5.09. The van der Waals surface area contributed by atoms with E-state index in [0.29, 0.717) is 0 Å². The van der Waals surface area contributed by atoms with Crippen LogP contribution in [0.4, 0.5) is 0 Å². The third kappa shape index (κ3) is 1.97. The first-order valence-electron chi connectivity index (χ1n) is 3.67. The zero-order valence-corrected chi connectivity index (χ0v) is 7.13. The second kappa shape index (κ2) is 2.95. The Bertz CT molecular complexity index is 196. The maximum absolute atomic E-state index is 11.0. The van der Waals surface area contributed by atoms with E-state index in [4.69, 9.17) is 4.74 Å². The maximum Gasteiger partial charge on any atom is 0.335 e. The van der Waals surface area contributed by atoms with Crippen molar-refractivity contribution >= 4 is 5.97 Å². The van der Waals surface area contributed by atoms with Crippen LogP contribution < -0.4 is 0 Å². The standard InChI is InChI=1S/C8H13NO2/c1-6-4-7(5-9(2)3)8(10)11-6/h5-6H,4H2,1-3H3. The maximum atomic E-state index is 11.0. The summed E-state index contributed by atoms with van der Waals surface area (Å²) in [5, 5.41) is 0. The average Bonchev–Trinajstić information content (AvgIpc) is 2.09. The summed E-state index contributed by atoms with van der Waals surface area (Å²) in [7, 11) is 3.78. The molecule has 0 saturated carbocycles. The van der Waals surface area contributed by atoms with Crippen molar-refractivity contribution in [2.45, 2.75) is 19.4 Å². The molecule has 3 heteroatoms. The van der Waals surface area contributed by atoms with Gasteiger partial charge in [0.25, 0.3) is 0 Å². The summed E-state index contributed by atoms with van der Waals surface area (Å²) < 4.78 is 4.94. The largest absolute Gasteiger partial charge is 0.459 e. The topological polar surface area (TPSA) is 29.5 Å². The van der Waals surface area contributed by atoms with E-state index in [2.05, 4.69) is 0 Å². The van der Waals surface area contributed by atoms with Crippen LogP contribution >= 0.6 is 0 Å². The smallest absolute Gasteiger partial charge is 0.335 e. The Kier molecular flexibility index (Phi) is 2.17. The molecule has 0 bridgehead atoms. The van der Waals surface area contributed by atoms with Crippen molar-refractivity contribution in [1.29, 1.82) is 0 Å². The minimum Gasteiger partial charge on any atom is -0.459 e. The molecule has 0 amide bonds. The Balaban J connectivity index is 2.67. The Morgan fingerprint density at radius 1 is 1.64 bits per heavy atom. The average molecular weight is 155 g/mol. The van der Waals surface area contributed by atoms with E-state index in [1.54, 1.807) is 0 Å². The summed E-state index contributed by atoms with van der Waals surface area (Å²) in [4.78, 5) is 12.9. The predicted molar refractivity (Wildman–Crippen MR) is 41.9 cm³/mol. The van der Waals surface area contributed by atoms with E-state index in [9.17, 15) is 4.79 Å². The van der Waals surface area contributed by atoms with Gasteiger partial charge in [0, 0.05) is 26.7 Å². The fourth-order valence-corrected chi connectivity index (χ4v) is 1.11. The third-order valence-electron chi connectivity index (χ3n) is 1.49. The van der Waals surface area contributed by atoms with Crippen molar-refractivity contribution in [3.05, 3.63) is 11.8 Å². The molecular weight excluding hydrogens is 142 g/mol. The van der Waals surface area contributed by atoms with Crippen molar-refractivity contribution < 1.29 is 9.53 Å². The highest BCUT2D eigenvalue weighted by Gasteiger charge is 2.25. The van der Waals surface area contributed by atoms with Gasteiger partial charge in [-0.1, -0.05) is 0 Å². The van der Waals surface area contributed by atoms with Gasteiger partial charge >= 0.3 is 5.97 Å². The number of carbonyl (C=O) groups excluding carboxylic acids is 1. The zero-order chi connectivity index (χ0) is 8.43. The van der Waals surface area contributed by atoms with Crippen LogP contribution in [0.25, 0.3) is 0 Å². The number of nitrogens with zero attached hydrogens (tertiary/aromatic N) is 1. The van der Waals surface area contributed by atoms with E-state index in [0.717, 1.165) is 12.0 Å². The fraction of sp³-hybridized carbons (Fsp3) is 0.625. The second-order valence-corrected chi connectivity index (χ2v) is 3.04. The van der Waals surface area contributed by atoms with E-state index < -0.39 is 0 Å². The molecule has 0 spiro atoms. The highest BCUT2D eigenvalue weighted by atomic mass is 16.5. The molecule has 1 heterocycles. The number of hydrogen-bond acceptors (Lipinski definition) is 3.